The monoisotopic (exact) mass is 209 g/mol. The Bertz CT molecular complexity index is 262. The highest BCUT2D eigenvalue weighted by Crippen LogP contribution is 1.80. The first-order valence-corrected chi connectivity index (χ1v) is 5.54. The van der Waals surface area contributed by atoms with E-state index in [1.54, 1.807) is 14.0 Å². The zero-order valence-electron chi connectivity index (χ0n) is 7.70. The molecule has 1 unspecified atom stereocenters. The molecule has 0 aliphatic carbocycles. The number of nitrogens with two attached hydrogens (primary N) is 1. The molecule has 1 atom stereocenters. The van der Waals surface area contributed by atoms with Crippen LogP contribution in [0.3, 0.4) is 0 Å². The number of rotatable bonds is 5. The smallest absolute Gasteiger partial charge is 0.236 e. The summed E-state index contributed by atoms with van der Waals surface area (Å²) in [5.41, 5.74) is 0. The van der Waals surface area contributed by atoms with E-state index in [2.05, 4.69) is 10.6 Å². The molecule has 6 nitrogen and oxygen atoms in total. The van der Waals surface area contributed by atoms with E-state index in [0.717, 1.165) is 0 Å². The van der Waals surface area contributed by atoms with Gasteiger partial charge in [0.05, 0.1) is 11.8 Å². The molecule has 0 fully saturated rings. The summed E-state index contributed by atoms with van der Waals surface area (Å²) in [6.45, 7) is 1.72. The highest BCUT2D eigenvalue weighted by molar-refractivity contribution is 7.89. The zero-order chi connectivity index (χ0) is 10.5. The Labute approximate surface area is 77.9 Å². The standard InChI is InChI=1S/C6H15N3O3S/c1-5(8-2)6(10)9-3-4-13(7,11)12/h5,8H,3-4H2,1-2H3,(H,9,10)(H2,7,11,12). The lowest BCUT2D eigenvalue weighted by Crippen LogP contribution is -2.42. The Morgan fingerprint density at radius 1 is 1.54 bits per heavy atom. The van der Waals surface area contributed by atoms with Gasteiger partial charge in [0.15, 0.2) is 0 Å². The Balaban J connectivity index is 3.72. The van der Waals surface area contributed by atoms with Crippen LogP contribution in [-0.4, -0.2) is 39.7 Å². The average molecular weight is 209 g/mol. The minimum atomic E-state index is -3.49. The lowest BCUT2D eigenvalue weighted by molar-refractivity contribution is -0.122. The second-order valence-corrected chi connectivity index (χ2v) is 4.40. The van der Waals surface area contributed by atoms with E-state index < -0.39 is 10.0 Å². The second kappa shape index (κ2) is 5.15. The Morgan fingerprint density at radius 3 is 2.46 bits per heavy atom. The normalized spacial score (nSPS) is 13.8. The molecule has 1 amide bonds. The molecule has 4 N–H and O–H groups in total. The largest absolute Gasteiger partial charge is 0.354 e. The van der Waals surface area contributed by atoms with Gasteiger partial charge in [0, 0.05) is 6.54 Å². The van der Waals surface area contributed by atoms with Gasteiger partial charge >= 0.3 is 0 Å². The molecule has 13 heavy (non-hydrogen) atoms. The number of hydrogen-bond donors (Lipinski definition) is 3. The highest BCUT2D eigenvalue weighted by atomic mass is 32.2. The molecule has 0 saturated carbocycles. The minimum Gasteiger partial charge on any atom is -0.354 e. The average Bonchev–Trinajstić information content (AvgIpc) is 2.00. The summed E-state index contributed by atoms with van der Waals surface area (Å²) >= 11 is 0. The first kappa shape index (κ1) is 12.3. The van der Waals surface area contributed by atoms with Crippen molar-refractivity contribution in [1.29, 1.82) is 0 Å². The number of nitrogens with one attached hydrogen (secondary N) is 2. The van der Waals surface area contributed by atoms with Crippen molar-refractivity contribution in [2.75, 3.05) is 19.3 Å². The molecule has 0 aromatic rings. The van der Waals surface area contributed by atoms with Crippen LogP contribution in [0, 0.1) is 0 Å². The van der Waals surface area contributed by atoms with Crippen molar-refractivity contribution >= 4 is 15.9 Å². The Kier molecular flexibility index (Phi) is 4.89. The summed E-state index contributed by atoms with van der Waals surface area (Å²) in [5.74, 6) is -0.485. The molecular weight excluding hydrogens is 194 g/mol. The molecule has 0 saturated heterocycles. The third kappa shape index (κ3) is 6.50. The van der Waals surface area contributed by atoms with Gasteiger partial charge in [-0.25, -0.2) is 13.6 Å². The fourth-order valence-electron chi connectivity index (χ4n) is 0.601. The van der Waals surface area contributed by atoms with E-state index in [1.807, 2.05) is 0 Å². The van der Waals surface area contributed by atoms with E-state index in [9.17, 15) is 13.2 Å². The van der Waals surface area contributed by atoms with Crippen LogP contribution in [-0.2, 0) is 14.8 Å². The van der Waals surface area contributed by atoms with Crippen LogP contribution in [0.5, 0.6) is 0 Å². The second-order valence-electron chi connectivity index (χ2n) is 2.67. The molecule has 0 spiro atoms. The summed E-state index contributed by atoms with van der Waals surface area (Å²) < 4.78 is 20.9. The van der Waals surface area contributed by atoms with Gasteiger partial charge in [-0.1, -0.05) is 0 Å². The molecule has 0 radical (unpaired) electrons. The molecule has 0 aromatic heterocycles. The molecule has 0 bridgehead atoms. The maximum Gasteiger partial charge on any atom is 0.236 e. The van der Waals surface area contributed by atoms with Crippen LogP contribution in [0.25, 0.3) is 0 Å². The van der Waals surface area contributed by atoms with E-state index in [4.69, 9.17) is 5.14 Å². The third-order valence-corrected chi connectivity index (χ3v) is 2.29. The summed E-state index contributed by atoms with van der Waals surface area (Å²) in [4.78, 5) is 11.1. The van der Waals surface area contributed by atoms with Gasteiger partial charge in [-0.15, -0.1) is 0 Å². The first-order valence-electron chi connectivity index (χ1n) is 3.82. The molecule has 0 heterocycles. The first-order chi connectivity index (χ1) is 5.87. The van der Waals surface area contributed by atoms with E-state index in [1.165, 1.54) is 0 Å². The molecule has 0 rings (SSSR count). The predicted molar refractivity (Wildman–Crippen MR) is 49.5 cm³/mol. The number of hydrogen-bond acceptors (Lipinski definition) is 4. The number of carbonyl (C=O) groups excluding carboxylic acids is 1. The van der Waals surface area contributed by atoms with Crippen molar-refractivity contribution in [2.24, 2.45) is 5.14 Å². The van der Waals surface area contributed by atoms with E-state index in [0.29, 0.717) is 0 Å². The molecule has 0 aromatic carbocycles. The number of carbonyl (C=O) groups is 1. The van der Waals surface area contributed by atoms with Gasteiger partial charge in [0.2, 0.25) is 15.9 Å². The van der Waals surface area contributed by atoms with Crippen molar-refractivity contribution in [1.82, 2.24) is 10.6 Å². The van der Waals surface area contributed by atoms with E-state index in [-0.39, 0.29) is 24.2 Å². The summed E-state index contributed by atoms with van der Waals surface area (Å²) in [5, 5.41) is 9.88. The fourth-order valence-corrected chi connectivity index (χ4v) is 0.987. The predicted octanol–water partition coefficient (Wildman–Crippen LogP) is -2.00. The maximum atomic E-state index is 11.1. The van der Waals surface area contributed by atoms with Crippen LogP contribution in [0.4, 0.5) is 0 Å². The highest BCUT2D eigenvalue weighted by Gasteiger charge is 2.10. The van der Waals surface area contributed by atoms with Crippen molar-refractivity contribution in [3.8, 4) is 0 Å². The van der Waals surface area contributed by atoms with Gasteiger partial charge in [-0.05, 0) is 14.0 Å². The molecule has 0 aliphatic heterocycles. The maximum absolute atomic E-state index is 11.1. The van der Waals surface area contributed by atoms with Gasteiger partial charge in [-0.2, -0.15) is 0 Å². The van der Waals surface area contributed by atoms with E-state index >= 15 is 0 Å². The quantitative estimate of drug-likeness (QED) is 0.487. The molecule has 7 heteroatoms. The van der Waals surface area contributed by atoms with Crippen LogP contribution in [0.15, 0.2) is 0 Å². The summed E-state index contributed by atoms with van der Waals surface area (Å²) in [6, 6.07) is -0.333. The number of amides is 1. The minimum absolute atomic E-state index is 0.0453. The van der Waals surface area contributed by atoms with Crippen LogP contribution in [0.2, 0.25) is 0 Å². The SMILES string of the molecule is CNC(C)C(=O)NCCS(N)(=O)=O. The molecular formula is C6H15N3O3S. The lowest BCUT2D eigenvalue weighted by atomic mass is 10.3. The van der Waals surface area contributed by atoms with Crippen molar-refractivity contribution in [3.05, 3.63) is 0 Å². The van der Waals surface area contributed by atoms with Gasteiger partial charge in [-0.3, -0.25) is 4.79 Å². The van der Waals surface area contributed by atoms with Gasteiger partial charge in [0.25, 0.3) is 0 Å². The Hall–Kier alpha value is -0.660. The zero-order valence-corrected chi connectivity index (χ0v) is 8.52. The number of sulfonamides is 1. The summed E-state index contributed by atoms with van der Waals surface area (Å²) in [7, 11) is -1.84. The van der Waals surface area contributed by atoms with Crippen molar-refractivity contribution < 1.29 is 13.2 Å². The molecule has 0 aliphatic rings. The summed E-state index contributed by atoms with van der Waals surface area (Å²) in [6.07, 6.45) is 0. The van der Waals surface area contributed by atoms with Crippen LogP contribution < -0.4 is 15.8 Å². The van der Waals surface area contributed by atoms with Crippen LogP contribution >= 0.6 is 0 Å². The van der Waals surface area contributed by atoms with Gasteiger partial charge in [0.1, 0.15) is 0 Å². The third-order valence-electron chi connectivity index (χ3n) is 1.51. The van der Waals surface area contributed by atoms with Crippen LogP contribution in [0.1, 0.15) is 6.92 Å². The van der Waals surface area contributed by atoms with Gasteiger partial charge < -0.3 is 10.6 Å². The van der Waals surface area contributed by atoms with Crippen molar-refractivity contribution in [2.45, 2.75) is 13.0 Å². The topological polar surface area (TPSA) is 101 Å². The number of likely N-dealkylation sites (N-methyl/N-ethyl adjacent to an activating group) is 1. The Morgan fingerprint density at radius 2 is 2.08 bits per heavy atom. The number of primary sulfonamides is 1. The molecule has 78 valence electrons. The lowest BCUT2D eigenvalue weighted by Gasteiger charge is -2.09. The van der Waals surface area contributed by atoms with Crippen molar-refractivity contribution in [3.63, 3.8) is 0 Å². The fraction of sp³-hybridized carbons (Fsp3) is 0.833.